The molecule has 11 heteroatoms. The second-order valence-electron chi connectivity index (χ2n) is 6.99. The topological polar surface area (TPSA) is 135 Å². The maximum absolute atomic E-state index is 12.4. The van der Waals surface area contributed by atoms with Crippen molar-refractivity contribution in [3.63, 3.8) is 0 Å². The van der Waals surface area contributed by atoms with Crippen LogP contribution < -0.4 is 15.7 Å². The number of ether oxygens (including phenoxy) is 2. The SMILES string of the molecule is COc1ccc(NC(=O)C(C)OC(=O)CCn2c(=O)n(C)c3ccccc32)c([N+](=O)[O-])c1. The van der Waals surface area contributed by atoms with E-state index in [1.807, 2.05) is 6.07 Å². The van der Waals surface area contributed by atoms with Gasteiger partial charge < -0.3 is 14.8 Å². The van der Waals surface area contributed by atoms with E-state index in [9.17, 15) is 24.5 Å². The van der Waals surface area contributed by atoms with Gasteiger partial charge in [0.1, 0.15) is 11.4 Å². The summed E-state index contributed by atoms with van der Waals surface area (Å²) in [4.78, 5) is 47.6. The molecule has 2 aromatic carbocycles. The van der Waals surface area contributed by atoms with Crippen LogP contribution in [0.3, 0.4) is 0 Å². The van der Waals surface area contributed by atoms with Gasteiger partial charge in [-0.1, -0.05) is 12.1 Å². The third-order valence-corrected chi connectivity index (χ3v) is 4.93. The maximum Gasteiger partial charge on any atom is 0.328 e. The Kier molecular flexibility index (Phi) is 6.57. The van der Waals surface area contributed by atoms with Gasteiger partial charge in [-0.3, -0.25) is 28.8 Å². The number of fused-ring (bicyclic) bond motifs is 1. The first kappa shape index (κ1) is 22.5. The molecule has 1 aromatic heterocycles. The fourth-order valence-electron chi connectivity index (χ4n) is 3.22. The molecule has 1 heterocycles. The molecular formula is C21H22N4O7. The maximum atomic E-state index is 12.4. The van der Waals surface area contributed by atoms with Crippen molar-refractivity contribution in [2.75, 3.05) is 12.4 Å². The summed E-state index contributed by atoms with van der Waals surface area (Å²) in [6.07, 6.45) is -1.33. The Balaban J connectivity index is 1.63. The zero-order valence-electron chi connectivity index (χ0n) is 17.7. The molecule has 0 radical (unpaired) electrons. The number of carbonyl (C=O) groups excluding carboxylic acids is 2. The second-order valence-corrected chi connectivity index (χ2v) is 6.99. The van der Waals surface area contributed by atoms with E-state index in [4.69, 9.17) is 9.47 Å². The van der Waals surface area contributed by atoms with E-state index >= 15 is 0 Å². The van der Waals surface area contributed by atoms with Crippen LogP contribution >= 0.6 is 0 Å². The lowest BCUT2D eigenvalue weighted by atomic mass is 10.2. The Morgan fingerprint density at radius 3 is 2.53 bits per heavy atom. The van der Waals surface area contributed by atoms with E-state index in [1.165, 1.54) is 41.4 Å². The summed E-state index contributed by atoms with van der Waals surface area (Å²) in [7, 11) is 3.01. The second kappa shape index (κ2) is 9.33. The van der Waals surface area contributed by atoms with Gasteiger partial charge in [0.05, 0.1) is 35.6 Å². The molecule has 32 heavy (non-hydrogen) atoms. The molecule has 3 aromatic rings. The number of rotatable bonds is 8. The highest BCUT2D eigenvalue weighted by Crippen LogP contribution is 2.29. The number of amides is 1. The lowest BCUT2D eigenvalue weighted by Gasteiger charge is -2.14. The van der Waals surface area contributed by atoms with Crippen molar-refractivity contribution < 1.29 is 24.0 Å². The van der Waals surface area contributed by atoms with E-state index in [1.54, 1.807) is 25.2 Å². The molecule has 0 bridgehead atoms. The third kappa shape index (κ3) is 4.61. The minimum Gasteiger partial charge on any atom is -0.496 e. The van der Waals surface area contributed by atoms with Crippen LogP contribution in [-0.4, -0.2) is 39.1 Å². The lowest BCUT2D eigenvalue weighted by Crippen LogP contribution is -2.31. The van der Waals surface area contributed by atoms with Gasteiger partial charge in [-0.2, -0.15) is 0 Å². The average molecular weight is 442 g/mol. The fraction of sp³-hybridized carbons (Fsp3) is 0.286. The van der Waals surface area contributed by atoms with Gasteiger partial charge in [0, 0.05) is 13.6 Å². The molecule has 1 unspecified atom stereocenters. The van der Waals surface area contributed by atoms with Crippen LogP contribution in [0.5, 0.6) is 5.75 Å². The number of aryl methyl sites for hydroxylation is 2. The van der Waals surface area contributed by atoms with Crippen molar-refractivity contribution in [2.24, 2.45) is 7.05 Å². The Hall–Kier alpha value is -4.15. The van der Waals surface area contributed by atoms with Gasteiger partial charge in [0.25, 0.3) is 11.6 Å². The molecule has 3 rings (SSSR count). The van der Waals surface area contributed by atoms with E-state index in [-0.39, 0.29) is 35.8 Å². The molecule has 1 N–H and O–H groups in total. The van der Waals surface area contributed by atoms with Gasteiger partial charge >= 0.3 is 11.7 Å². The molecule has 0 aliphatic heterocycles. The van der Waals surface area contributed by atoms with Gasteiger partial charge in [-0.15, -0.1) is 0 Å². The number of carbonyl (C=O) groups is 2. The molecule has 0 fully saturated rings. The molecule has 1 atom stereocenters. The predicted molar refractivity (Wildman–Crippen MR) is 116 cm³/mol. The highest BCUT2D eigenvalue weighted by atomic mass is 16.6. The summed E-state index contributed by atoms with van der Waals surface area (Å²) in [6.45, 7) is 1.43. The number of anilines is 1. The Labute approximate surface area is 182 Å². The quantitative estimate of drug-likeness (QED) is 0.321. The van der Waals surface area contributed by atoms with Gasteiger partial charge in [0.15, 0.2) is 6.10 Å². The number of aromatic nitrogens is 2. The van der Waals surface area contributed by atoms with Gasteiger partial charge in [-0.05, 0) is 31.2 Å². The summed E-state index contributed by atoms with van der Waals surface area (Å²) in [5.74, 6) is -1.15. The Morgan fingerprint density at radius 1 is 1.19 bits per heavy atom. The molecule has 0 spiro atoms. The summed E-state index contributed by atoms with van der Waals surface area (Å²) < 4.78 is 13.0. The number of hydrogen-bond acceptors (Lipinski definition) is 7. The van der Waals surface area contributed by atoms with Crippen molar-refractivity contribution in [3.05, 3.63) is 63.1 Å². The summed E-state index contributed by atoms with van der Waals surface area (Å²) >= 11 is 0. The number of nitrogens with one attached hydrogen (secondary N) is 1. The van der Waals surface area contributed by atoms with Crippen molar-refractivity contribution in [2.45, 2.75) is 26.0 Å². The number of para-hydroxylation sites is 2. The highest BCUT2D eigenvalue weighted by molar-refractivity contribution is 5.97. The van der Waals surface area contributed by atoms with Crippen LogP contribution in [0.2, 0.25) is 0 Å². The van der Waals surface area contributed by atoms with Gasteiger partial charge in [-0.25, -0.2) is 4.79 Å². The molecule has 0 saturated carbocycles. The zero-order chi connectivity index (χ0) is 23.4. The monoisotopic (exact) mass is 442 g/mol. The normalized spacial score (nSPS) is 11.7. The number of nitrogens with zero attached hydrogens (tertiary/aromatic N) is 3. The van der Waals surface area contributed by atoms with E-state index in [2.05, 4.69) is 5.32 Å². The van der Waals surface area contributed by atoms with Crippen LogP contribution in [0.25, 0.3) is 11.0 Å². The summed E-state index contributed by atoms with van der Waals surface area (Å²) in [6, 6.07) is 11.1. The van der Waals surface area contributed by atoms with E-state index in [0.717, 1.165) is 5.52 Å². The standard InChI is InChI=1S/C21H22N4O7/c1-13(20(27)22-15-9-8-14(31-3)12-18(15)25(29)30)32-19(26)10-11-24-17-7-5-4-6-16(17)23(2)21(24)28/h4-9,12-13H,10-11H2,1-3H3,(H,22,27). The smallest absolute Gasteiger partial charge is 0.328 e. The number of nitro benzene ring substituents is 1. The van der Waals surface area contributed by atoms with Crippen molar-refractivity contribution >= 4 is 34.3 Å². The van der Waals surface area contributed by atoms with E-state index in [0.29, 0.717) is 5.52 Å². The first-order valence-electron chi connectivity index (χ1n) is 9.70. The van der Waals surface area contributed by atoms with Crippen LogP contribution in [0, 0.1) is 10.1 Å². The molecular weight excluding hydrogens is 420 g/mol. The number of methoxy groups -OCH3 is 1. The molecule has 0 aliphatic carbocycles. The van der Waals surface area contributed by atoms with Crippen LogP contribution in [0.4, 0.5) is 11.4 Å². The zero-order valence-corrected chi connectivity index (χ0v) is 17.7. The minimum atomic E-state index is -1.20. The lowest BCUT2D eigenvalue weighted by molar-refractivity contribution is -0.384. The average Bonchev–Trinajstić information content (AvgIpc) is 3.02. The van der Waals surface area contributed by atoms with Crippen LogP contribution in [-0.2, 0) is 27.9 Å². The Morgan fingerprint density at radius 2 is 1.88 bits per heavy atom. The first-order valence-corrected chi connectivity index (χ1v) is 9.70. The fourth-order valence-corrected chi connectivity index (χ4v) is 3.22. The third-order valence-electron chi connectivity index (χ3n) is 4.93. The Bertz CT molecular complexity index is 1240. The summed E-state index contributed by atoms with van der Waals surface area (Å²) in [5, 5.41) is 13.6. The largest absolute Gasteiger partial charge is 0.496 e. The number of benzene rings is 2. The number of hydrogen-bond donors (Lipinski definition) is 1. The molecule has 0 saturated heterocycles. The number of imidazole rings is 1. The summed E-state index contributed by atoms with van der Waals surface area (Å²) in [5.41, 5.74) is 0.749. The predicted octanol–water partition coefficient (Wildman–Crippen LogP) is 2.22. The molecule has 168 valence electrons. The van der Waals surface area contributed by atoms with Crippen molar-refractivity contribution in [1.82, 2.24) is 9.13 Å². The van der Waals surface area contributed by atoms with Crippen molar-refractivity contribution in [3.8, 4) is 5.75 Å². The molecule has 11 nitrogen and oxygen atoms in total. The van der Waals surface area contributed by atoms with E-state index < -0.39 is 22.9 Å². The van der Waals surface area contributed by atoms with Crippen molar-refractivity contribution in [1.29, 1.82) is 0 Å². The minimum absolute atomic E-state index is 0.0500. The highest BCUT2D eigenvalue weighted by Gasteiger charge is 2.23. The van der Waals surface area contributed by atoms with Crippen LogP contribution in [0.1, 0.15) is 13.3 Å². The number of nitro groups is 1. The van der Waals surface area contributed by atoms with Gasteiger partial charge in [0.2, 0.25) is 0 Å². The number of esters is 1. The van der Waals surface area contributed by atoms with Crippen LogP contribution in [0.15, 0.2) is 47.3 Å². The molecule has 1 amide bonds. The molecule has 0 aliphatic rings. The first-order chi connectivity index (χ1) is 15.2.